The first kappa shape index (κ1) is 12.9. The molecule has 0 radical (unpaired) electrons. The van der Waals surface area contributed by atoms with Crippen LogP contribution in [0.1, 0.15) is 45.4 Å². The van der Waals surface area contributed by atoms with Crippen LogP contribution in [0.4, 0.5) is 0 Å². The van der Waals surface area contributed by atoms with Gasteiger partial charge in [0.2, 0.25) is 0 Å². The minimum Gasteiger partial charge on any atom is -0.389 e. The fourth-order valence-corrected chi connectivity index (χ4v) is 2.15. The van der Waals surface area contributed by atoms with Crippen LogP contribution < -0.4 is 5.32 Å². The number of ether oxygens (including phenoxy) is 1. The Morgan fingerprint density at radius 3 is 2.60 bits per heavy atom. The van der Waals surface area contributed by atoms with Crippen LogP contribution >= 0.6 is 0 Å². The van der Waals surface area contributed by atoms with Crippen molar-refractivity contribution >= 4 is 0 Å². The average molecular weight is 215 g/mol. The maximum Gasteiger partial charge on any atom is 0.0771 e. The molecule has 0 amide bonds. The van der Waals surface area contributed by atoms with Crippen molar-refractivity contribution in [1.29, 1.82) is 0 Å². The lowest BCUT2D eigenvalue weighted by Crippen LogP contribution is -2.45. The van der Waals surface area contributed by atoms with Crippen LogP contribution in [0.15, 0.2) is 0 Å². The molecule has 0 spiro atoms. The molecule has 0 aliphatic heterocycles. The molecule has 90 valence electrons. The van der Waals surface area contributed by atoms with Gasteiger partial charge in [-0.3, -0.25) is 0 Å². The van der Waals surface area contributed by atoms with Gasteiger partial charge in [-0.05, 0) is 26.2 Å². The van der Waals surface area contributed by atoms with E-state index in [4.69, 9.17) is 4.74 Å². The third-order valence-electron chi connectivity index (χ3n) is 3.32. The molecule has 1 saturated carbocycles. The summed E-state index contributed by atoms with van der Waals surface area (Å²) in [5, 5.41) is 13.6. The summed E-state index contributed by atoms with van der Waals surface area (Å²) >= 11 is 0. The molecule has 3 nitrogen and oxygen atoms in total. The van der Waals surface area contributed by atoms with E-state index < -0.39 is 5.60 Å². The van der Waals surface area contributed by atoms with Crippen LogP contribution in [0.3, 0.4) is 0 Å². The third-order valence-corrected chi connectivity index (χ3v) is 3.32. The zero-order valence-electron chi connectivity index (χ0n) is 10.1. The van der Waals surface area contributed by atoms with Crippen molar-refractivity contribution in [2.45, 2.75) is 57.1 Å². The molecule has 1 aliphatic rings. The number of aliphatic hydroxyl groups is 1. The standard InChI is InChI=1S/C12H25NO2/c1-11(6-9-15-2)13-10-12(14)7-4-3-5-8-12/h11,13-14H,3-10H2,1-2H3. The van der Waals surface area contributed by atoms with Gasteiger partial charge in [-0.2, -0.15) is 0 Å². The fourth-order valence-electron chi connectivity index (χ4n) is 2.15. The van der Waals surface area contributed by atoms with Crippen molar-refractivity contribution in [3.63, 3.8) is 0 Å². The van der Waals surface area contributed by atoms with Crippen molar-refractivity contribution in [2.24, 2.45) is 0 Å². The number of hydrogen-bond donors (Lipinski definition) is 2. The second kappa shape index (κ2) is 6.46. The Kier molecular flexibility index (Phi) is 5.58. The predicted molar refractivity (Wildman–Crippen MR) is 62.0 cm³/mol. The highest BCUT2D eigenvalue weighted by Gasteiger charge is 2.28. The number of nitrogens with one attached hydrogen (secondary N) is 1. The van der Waals surface area contributed by atoms with Gasteiger partial charge in [0.15, 0.2) is 0 Å². The lowest BCUT2D eigenvalue weighted by molar-refractivity contribution is 0.00232. The molecule has 0 aromatic carbocycles. The molecule has 0 heterocycles. The minimum absolute atomic E-state index is 0.427. The zero-order chi connectivity index (χ0) is 11.1. The Morgan fingerprint density at radius 1 is 1.33 bits per heavy atom. The van der Waals surface area contributed by atoms with E-state index in [1.54, 1.807) is 7.11 Å². The molecule has 3 heteroatoms. The van der Waals surface area contributed by atoms with Crippen molar-refractivity contribution in [1.82, 2.24) is 5.32 Å². The van der Waals surface area contributed by atoms with E-state index in [1.807, 2.05) is 0 Å². The summed E-state index contributed by atoms with van der Waals surface area (Å²) in [4.78, 5) is 0. The second-order valence-electron chi connectivity index (χ2n) is 4.85. The van der Waals surface area contributed by atoms with Crippen molar-refractivity contribution in [2.75, 3.05) is 20.3 Å². The molecule has 1 aliphatic carbocycles. The summed E-state index contributed by atoms with van der Waals surface area (Å²) in [5.74, 6) is 0. The number of hydrogen-bond acceptors (Lipinski definition) is 3. The van der Waals surface area contributed by atoms with Crippen LogP contribution in [0.5, 0.6) is 0 Å². The van der Waals surface area contributed by atoms with E-state index in [0.29, 0.717) is 6.04 Å². The highest BCUT2D eigenvalue weighted by molar-refractivity contribution is 4.85. The van der Waals surface area contributed by atoms with E-state index in [1.165, 1.54) is 19.3 Å². The normalized spacial score (nSPS) is 22.6. The summed E-state index contributed by atoms with van der Waals surface area (Å²) in [5.41, 5.74) is -0.445. The Bertz CT molecular complexity index is 167. The molecule has 0 aromatic rings. The van der Waals surface area contributed by atoms with Gasteiger partial charge in [0.25, 0.3) is 0 Å². The maximum absolute atomic E-state index is 10.3. The van der Waals surface area contributed by atoms with Crippen LogP contribution in [-0.4, -0.2) is 37.0 Å². The van der Waals surface area contributed by atoms with Crippen molar-refractivity contribution < 1.29 is 9.84 Å². The van der Waals surface area contributed by atoms with Crippen LogP contribution in [0, 0.1) is 0 Å². The van der Waals surface area contributed by atoms with E-state index in [2.05, 4.69) is 12.2 Å². The monoisotopic (exact) mass is 215 g/mol. The highest BCUT2D eigenvalue weighted by atomic mass is 16.5. The molecule has 15 heavy (non-hydrogen) atoms. The minimum atomic E-state index is -0.445. The first-order chi connectivity index (χ1) is 7.16. The van der Waals surface area contributed by atoms with Crippen molar-refractivity contribution in [3.8, 4) is 0 Å². The molecule has 1 atom stereocenters. The molecule has 0 aromatic heterocycles. The van der Waals surface area contributed by atoms with Crippen molar-refractivity contribution in [3.05, 3.63) is 0 Å². The van der Waals surface area contributed by atoms with Gasteiger partial charge in [0.05, 0.1) is 5.60 Å². The fraction of sp³-hybridized carbons (Fsp3) is 1.00. The third kappa shape index (κ3) is 4.96. The summed E-state index contributed by atoms with van der Waals surface area (Å²) in [6.07, 6.45) is 6.54. The number of methoxy groups -OCH3 is 1. The van der Waals surface area contributed by atoms with Gasteiger partial charge in [-0.25, -0.2) is 0 Å². The Labute approximate surface area is 93.2 Å². The zero-order valence-corrected chi connectivity index (χ0v) is 10.1. The van der Waals surface area contributed by atoms with Crippen LogP contribution in [-0.2, 0) is 4.74 Å². The first-order valence-corrected chi connectivity index (χ1v) is 6.11. The lowest BCUT2D eigenvalue weighted by Gasteiger charge is -2.33. The Hall–Kier alpha value is -0.120. The van der Waals surface area contributed by atoms with Gasteiger partial charge >= 0.3 is 0 Å². The van der Waals surface area contributed by atoms with Gasteiger partial charge in [-0.15, -0.1) is 0 Å². The van der Waals surface area contributed by atoms with Gasteiger partial charge in [-0.1, -0.05) is 19.3 Å². The smallest absolute Gasteiger partial charge is 0.0771 e. The summed E-state index contributed by atoms with van der Waals surface area (Å²) in [7, 11) is 1.72. The van der Waals surface area contributed by atoms with Gasteiger partial charge < -0.3 is 15.2 Å². The van der Waals surface area contributed by atoms with E-state index >= 15 is 0 Å². The quantitative estimate of drug-likeness (QED) is 0.708. The van der Waals surface area contributed by atoms with E-state index in [-0.39, 0.29) is 0 Å². The number of rotatable bonds is 6. The largest absolute Gasteiger partial charge is 0.389 e. The van der Waals surface area contributed by atoms with Gasteiger partial charge in [0.1, 0.15) is 0 Å². The molecular formula is C12H25NO2. The first-order valence-electron chi connectivity index (χ1n) is 6.11. The van der Waals surface area contributed by atoms with Crippen LogP contribution in [0.25, 0.3) is 0 Å². The molecule has 0 saturated heterocycles. The van der Waals surface area contributed by atoms with E-state index in [9.17, 15) is 5.11 Å². The lowest BCUT2D eigenvalue weighted by atomic mass is 9.85. The molecule has 1 fully saturated rings. The highest BCUT2D eigenvalue weighted by Crippen LogP contribution is 2.27. The summed E-state index contributed by atoms with van der Waals surface area (Å²) in [6.45, 7) is 3.66. The summed E-state index contributed by atoms with van der Waals surface area (Å²) in [6, 6.07) is 0.427. The Balaban J connectivity index is 2.16. The van der Waals surface area contributed by atoms with Crippen LogP contribution in [0.2, 0.25) is 0 Å². The maximum atomic E-state index is 10.3. The second-order valence-corrected chi connectivity index (χ2v) is 4.85. The molecule has 2 N–H and O–H groups in total. The van der Waals surface area contributed by atoms with Gasteiger partial charge in [0, 0.05) is 26.3 Å². The molecule has 1 unspecified atom stereocenters. The molecule has 1 rings (SSSR count). The Morgan fingerprint density at radius 2 is 2.00 bits per heavy atom. The molecule has 0 bridgehead atoms. The average Bonchev–Trinajstić information content (AvgIpc) is 2.25. The predicted octanol–water partition coefficient (Wildman–Crippen LogP) is 1.70. The topological polar surface area (TPSA) is 41.5 Å². The molecular weight excluding hydrogens is 190 g/mol. The summed E-state index contributed by atoms with van der Waals surface area (Å²) < 4.78 is 5.03. The SMILES string of the molecule is COCCC(C)NCC1(O)CCCCC1. The van der Waals surface area contributed by atoms with E-state index in [0.717, 1.165) is 32.4 Å².